The van der Waals surface area contributed by atoms with E-state index < -0.39 is 35.1 Å². The first-order valence-electron chi connectivity index (χ1n) is 8.06. The van der Waals surface area contributed by atoms with Crippen molar-refractivity contribution in [3.05, 3.63) is 47.8 Å². The molecule has 0 bridgehead atoms. The highest BCUT2D eigenvalue weighted by atomic mass is 19.2. The molecule has 26 heavy (non-hydrogen) atoms. The molecule has 0 aromatic heterocycles. The molecule has 138 valence electrons. The Morgan fingerprint density at radius 1 is 1.04 bits per heavy atom. The molecule has 0 radical (unpaired) electrons. The molecule has 1 amide bonds. The SMILES string of the molecule is CC(Nc1ccc2c(c1)OCCCO2)C(=O)Nc1ccc(F)c(F)c1F. The van der Waals surface area contributed by atoms with Gasteiger partial charge in [-0.1, -0.05) is 0 Å². The number of rotatable bonds is 4. The van der Waals surface area contributed by atoms with Gasteiger partial charge in [-0.2, -0.15) is 0 Å². The van der Waals surface area contributed by atoms with E-state index in [4.69, 9.17) is 9.47 Å². The van der Waals surface area contributed by atoms with Crippen molar-refractivity contribution >= 4 is 17.3 Å². The smallest absolute Gasteiger partial charge is 0.246 e. The summed E-state index contributed by atoms with van der Waals surface area (Å²) in [5.41, 5.74) is 0.170. The maximum Gasteiger partial charge on any atom is 0.246 e. The van der Waals surface area contributed by atoms with E-state index in [0.29, 0.717) is 30.4 Å². The lowest BCUT2D eigenvalue weighted by atomic mass is 10.2. The van der Waals surface area contributed by atoms with Crippen LogP contribution in [0, 0.1) is 17.5 Å². The molecule has 8 heteroatoms. The van der Waals surface area contributed by atoms with E-state index in [-0.39, 0.29) is 0 Å². The van der Waals surface area contributed by atoms with Crippen LogP contribution in [0.2, 0.25) is 0 Å². The predicted molar refractivity (Wildman–Crippen MR) is 90.1 cm³/mol. The third-order valence-electron chi connectivity index (χ3n) is 3.82. The van der Waals surface area contributed by atoms with Gasteiger partial charge in [0.15, 0.2) is 29.0 Å². The lowest BCUT2D eigenvalue weighted by Crippen LogP contribution is -2.32. The molecule has 2 N–H and O–H groups in total. The van der Waals surface area contributed by atoms with Gasteiger partial charge in [0, 0.05) is 18.2 Å². The topological polar surface area (TPSA) is 59.6 Å². The van der Waals surface area contributed by atoms with Gasteiger partial charge in [0.1, 0.15) is 6.04 Å². The fourth-order valence-electron chi connectivity index (χ4n) is 2.43. The molecule has 1 heterocycles. The molecule has 0 fully saturated rings. The zero-order valence-corrected chi connectivity index (χ0v) is 13.9. The van der Waals surface area contributed by atoms with Gasteiger partial charge in [-0.15, -0.1) is 0 Å². The number of nitrogens with one attached hydrogen (secondary N) is 2. The van der Waals surface area contributed by atoms with Crippen molar-refractivity contribution in [2.24, 2.45) is 0 Å². The normalized spacial score (nSPS) is 14.3. The second kappa shape index (κ2) is 7.55. The van der Waals surface area contributed by atoms with Crippen molar-refractivity contribution < 1.29 is 27.4 Å². The van der Waals surface area contributed by atoms with Crippen LogP contribution in [0.25, 0.3) is 0 Å². The minimum atomic E-state index is -1.63. The van der Waals surface area contributed by atoms with Gasteiger partial charge in [0.05, 0.1) is 18.9 Å². The Morgan fingerprint density at radius 2 is 1.77 bits per heavy atom. The summed E-state index contributed by atoms with van der Waals surface area (Å²) in [5, 5.41) is 5.17. The third-order valence-corrected chi connectivity index (χ3v) is 3.82. The van der Waals surface area contributed by atoms with E-state index in [1.54, 1.807) is 25.1 Å². The Balaban J connectivity index is 1.68. The Morgan fingerprint density at radius 3 is 2.54 bits per heavy atom. The summed E-state index contributed by atoms with van der Waals surface area (Å²) in [5.74, 6) is -3.82. The second-order valence-corrected chi connectivity index (χ2v) is 5.79. The fraction of sp³-hybridized carbons (Fsp3) is 0.278. The Labute approximate surface area is 148 Å². The van der Waals surface area contributed by atoms with E-state index in [9.17, 15) is 18.0 Å². The van der Waals surface area contributed by atoms with Gasteiger partial charge in [-0.05, 0) is 31.2 Å². The monoisotopic (exact) mass is 366 g/mol. The van der Waals surface area contributed by atoms with Crippen molar-refractivity contribution in [3.8, 4) is 11.5 Å². The third kappa shape index (κ3) is 3.84. The largest absolute Gasteiger partial charge is 0.490 e. The van der Waals surface area contributed by atoms with Crippen LogP contribution in [0.3, 0.4) is 0 Å². The number of carbonyl (C=O) groups is 1. The second-order valence-electron chi connectivity index (χ2n) is 5.79. The highest BCUT2D eigenvalue weighted by molar-refractivity contribution is 5.96. The first kappa shape index (κ1) is 17.9. The molecule has 3 rings (SSSR count). The maximum atomic E-state index is 13.7. The number of benzene rings is 2. The number of carbonyl (C=O) groups excluding carboxylic acids is 1. The standard InChI is InChI=1S/C18H17F3N2O3/c1-10(18(24)23-13-5-4-12(19)16(20)17(13)21)22-11-3-6-14-15(9-11)26-8-2-7-25-14/h3-6,9-10,22H,2,7-8H2,1H3,(H,23,24). The molecule has 1 aliphatic heterocycles. The van der Waals surface area contributed by atoms with Crippen molar-refractivity contribution in [1.29, 1.82) is 0 Å². The van der Waals surface area contributed by atoms with E-state index in [2.05, 4.69) is 10.6 Å². The molecular weight excluding hydrogens is 349 g/mol. The molecule has 5 nitrogen and oxygen atoms in total. The number of halogens is 3. The van der Waals surface area contributed by atoms with Crippen LogP contribution in [0.4, 0.5) is 24.5 Å². The van der Waals surface area contributed by atoms with E-state index in [1.165, 1.54) is 0 Å². The maximum absolute atomic E-state index is 13.7. The van der Waals surface area contributed by atoms with E-state index >= 15 is 0 Å². The van der Waals surface area contributed by atoms with Gasteiger partial charge in [0.25, 0.3) is 0 Å². The molecule has 0 saturated heterocycles. The molecule has 1 atom stereocenters. The van der Waals surface area contributed by atoms with Crippen LogP contribution < -0.4 is 20.1 Å². The number of hydrogen-bond donors (Lipinski definition) is 2. The average molecular weight is 366 g/mol. The number of ether oxygens (including phenoxy) is 2. The van der Waals surface area contributed by atoms with Crippen molar-refractivity contribution in [1.82, 2.24) is 0 Å². The number of fused-ring (bicyclic) bond motifs is 1. The molecule has 2 aromatic rings. The minimum Gasteiger partial charge on any atom is -0.490 e. The van der Waals surface area contributed by atoms with Crippen LogP contribution in [-0.2, 0) is 4.79 Å². The number of anilines is 2. The van der Waals surface area contributed by atoms with Crippen LogP contribution in [-0.4, -0.2) is 25.2 Å². The molecule has 2 aromatic carbocycles. The summed E-state index contributed by atoms with van der Waals surface area (Å²) >= 11 is 0. The molecule has 0 spiro atoms. The van der Waals surface area contributed by atoms with Crippen LogP contribution in [0.1, 0.15) is 13.3 Å². The Kier molecular flexibility index (Phi) is 5.20. The zero-order chi connectivity index (χ0) is 18.7. The molecule has 0 saturated carbocycles. The van der Waals surface area contributed by atoms with E-state index in [1.807, 2.05) is 0 Å². The number of amides is 1. The summed E-state index contributed by atoms with van der Waals surface area (Å²) in [7, 11) is 0. The summed E-state index contributed by atoms with van der Waals surface area (Å²) < 4.78 is 51.0. The van der Waals surface area contributed by atoms with Gasteiger partial charge in [-0.25, -0.2) is 13.2 Å². The summed E-state index contributed by atoms with van der Waals surface area (Å²) in [6.07, 6.45) is 0.774. The molecule has 1 unspecified atom stereocenters. The highest BCUT2D eigenvalue weighted by Crippen LogP contribution is 2.32. The Hall–Kier alpha value is -2.90. The van der Waals surface area contributed by atoms with Crippen LogP contribution in [0.5, 0.6) is 11.5 Å². The lowest BCUT2D eigenvalue weighted by Gasteiger charge is -2.17. The fourth-order valence-corrected chi connectivity index (χ4v) is 2.43. The first-order valence-corrected chi connectivity index (χ1v) is 8.06. The summed E-state index contributed by atoms with van der Waals surface area (Å²) in [6.45, 7) is 2.65. The van der Waals surface area contributed by atoms with Crippen LogP contribution >= 0.6 is 0 Å². The summed E-state index contributed by atoms with van der Waals surface area (Å²) in [6, 6.07) is 6.08. The molecule has 1 aliphatic rings. The number of hydrogen-bond acceptors (Lipinski definition) is 4. The summed E-state index contributed by atoms with van der Waals surface area (Å²) in [4.78, 5) is 12.2. The van der Waals surface area contributed by atoms with Gasteiger partial charge >= 0.3 is 0 Å². The van der Waals surface area contributed by atoms with Crippen molar-refractivity contribution in [2.75, 3.05) is 23.8 Å². The van der Waals surface area contributed by atoms with Gasteiger partial charge in [0.2, 0.25) is 5.91 Å². The minimum absolute atomic E-state index is 0.429. The van der Waals surface area contributed by atoms with Gasteiger partial charge in [-0.3, -0.25) is 4.79 Å². The quantitative estimate of drug-likeness (QED) is 0.810. The molecule has 0 aliphatic carbocycles. The van der Waals surface area contributed by atoms with Gasteiger partial charge < -0.3 is 20.1 Å². The van der Waals surface area contributed by atoms with Crippen molar-refractivity contribution in [3.63, 3.8) is 0 Å². The highest BCUT2D eigenvalue weighted by Gasteiger charge is 2.19. The van der Waals surface area contributed by atoms with E-state index in [0.717, 1.165) is 18.6 Å². The van der Waals surface area contributed by atoms with Crippen LogP contribution in [0.15, 0.2) is 30.3 Å². The average Bonchev–Trinajstić information content (AvgIpc) is 2.87. The Bertz CT molecular complexity index is 830. The zero-order valence-electron chi connectivity index (χ0n) is 13.9. The lowest BCUT2D eigenvalue weighted by molar-refractivity contribution is -0.116. The first-order chi connectivity index (χ1) is 12.5. The predicted octanol–water partition coefficient (Wildman–Crippen LogP) is 3.70. The van der Waals surface area contributed by atoms with Crippen molar-refractivity contribution in [2.45, 2.75) is 19.4 Å². The molecular formula is C18H17F3N2O3.